The third-order valence-electron chi connectivity index (χ3n) is 4.29. The summed E-state index contributed by atoms with van der Waals surface area (Å²) in [4.78, 5) is 45.2. The normalized spacial score (nSPS) is 11.9. The predicted molar refractivity (Wildman–Crippen MR) is 98.9 cm³/mol. The fourth-order valence-corrected chi connectivity index (χ4v) is 2.97. The molecule has 8 nitrogen and oxygen atoms in total. The van der Waals surface area contributed by atoms with Gasteiger partial charge in [-0.25, -0.2) is 9.97 Å². The lowest BCUT2D eigenvalue weighted by atomic mass is 10.1. The number of aryl methyl sites for hydroxylation is 1. The standard InChI is InChI=1S/C19H18N4O4/c1-12(9-18(25)26)23(16-5-3-4-8-20-16)19(27)13-6-7-15-14(10-13)21-17(11-24)22(15)2/h3-8,10-12H,9H2,1-2H3,(H,25,26). The van der Waals surface area contributed by atoms with Gasteiger partial charge in [0.25, 0.3) is 5.91 Å². The fraction of sp³-hybridized carbons (Fsp3) is 0.211. The first-order valence-electron chi connectivity index (χ1n) is 8.30. The van der Waals surface area contributed by atoms with Gasteiger partial charge in [0.15, 0.2) is 12.1 Å². The lowest BCUT2D eigenvalue weighted by molar-refractivity contribution is -0.137. The van der Waals surface area contributed by atoms with E-state index in [9.17, 15) is 14.4 Å². The van der Waals surface area contributed by atoms with Gasteiger partial charge in [0.05, 0.1) is 17.5 Å². The van der Waals surface area contributed by atoms with Gasteiger partial charge < -0.3 is 9.67 Å². The zero-order valence-electron chi connectivity index (χ0n) is 14.9. The molecular weight excluding hydrogens is 348 g/mol. The summed E-state index contributed by atoms with van der Waals surface area (Å²) in [6.07, 6.45) is 1.97. The van der Waals surface area contributed by atoms with Gasteiger partial charge in [-0.2, -0.15) is 0 Å². The van der Waals surface area contributed by atoms with E-state index in [0.29, 0.717) is 23.2 Å². The van der Waals surface area contributed by atoms with Crippen molar-refractivity contribution >= 4 is 35.0 Å². The predicted octanol–water partition coefficient (Wildman–Crippen LogP) is 2.29. The zero-order chi connectivity index (χ0) is 19.6. The Morgan fingerprint density at radius 3 is 2.70 bits per heavy atom. The summed E-state index contributed by atoms with van der Waals surface area (Å²) in [7, 11) is 1.72. The van der Waals surface area contributed by atoms with Crippen LogP contribution in [0.2, 0.25) is 0 Å². The monoisotopic (exact) mass is 366 g/mol. The molecule has 0 saturated heterocycles. The molecule has 0 saturated carbocycles. The number of pyridine rings is 1. The topological polar surface area (TPSA) is 105 Å². The number of hydrogen-bond donors (Lipinski definition) is 1. The van der Waals surface area contributed by atoms with Crippen molar-refractivity contribution in [3.05, 3.63) is 54.0 Å². The molecule has 0 bridgehead atoms. The number of amides is 1. The molecule has 0 spiro atoms. The molecule has 0 aliphatic heterocycles. The molecule has 0 radical (unpaired) electrons. The Labute approximate surface area is 155 Å². The number of aliphatic carboxylic acids is 1. The molecule has 1 aromatic carbocycles. The molecule has 138 valence electrons. The molecule has 0 fully saturated rings. The Balaban J connectivity index is 2.04. The smallest absolute Gasteiger partial charge is 0.305 e. The summed E-state index contributed by atoms with van der Waals surface area (Å²) in [5.41, 5.74) is 1.56. The Kier molecular flexibility index (Phi) is 4.98. The summed E-state index contributed by atoms with van der Waals surface area (Å²) in [6, 6.07) is 9.43. The van der Waals surface area contributed by atoms with Crippen LogP contribution < -0.4 is 4.90 Å². The minimum Gasteiger partial charge on any atom is -0.481 e. The van der Waals surface area contributed by atoms with E-state index in [1.54, 1.807) is 61.1 Å². The maximum absolute atomic E-state index is 13.2. The molecule has 27 heavy (non-hydrogen) atoms. The molecular formula is C19H18N4O4. The van der Waals surface area contributed by atoms with Crippen molar-refractivity contribution in [1.29, 1.82) is 0 Å². The first-order valence-corrected chi connectivity index (χ1v) is 8.30. The number of imidazole rings is 1. The second kappa shape index (κ2) is 7.36. The summed E-state index contributed by atoms with van der Waals surface area (Å²) < 4.78 is 1.64. The van der Waals surface area contributed by atoms with E-state index in [0.717, 1.165) is 5.52 Å². The molecule has 1 amide bonds. The van der Waals surface area contributed by atoms with Crippen LogP contribution >= 0.6 is 0 Å². The second-order valence-electron chi connectivity index (χ2n) is 6.16. The van der Waals surface area contributed by atoms with Gasteiger partial charge in [0.1, 0.15) is 5.82 Å². The molecule has 1 atom stereocenters. The maximum Gasteiger partial charge on any atom is 0.305 e. The minimum atomic E-state index is -1.01. The molecule has 2 heterocycles. The number of fused-ring (bicyclic) bond motifs is 1. The van der Waals surface area contributed by atoms with Crippen molar-refractivity contribution in [2.24, 2.45) is 7.05 Å². The molecule has 1 N–H and O–H groups in total. The van der Waals surface area contributed by atoms with Crippen LogP contribution in [-0.4, -0.2) is 43.8 Å². The van der Waals surface area contributed by atoms with Crippen molar-refractivity contribution in [2.75, 3.05) is 4.90 Å². The van der Waals surface area contributed by atoms with E-state index in [1.165, 1.54) is 4.90 Å². The van der Waals surface area contributed by atoms with Gasteiger partial charge in [-0.1, -0.05) is 6.07 Å². The van der Waals surface area contributed by atoms with Crippen molar-refractivity contribution < 1.29 is 19.5 Å². The van der Waals surface area contributed by atoms with E-state index in [1.807, 2.05) is 0 Å². The number of aldehydes is 1. The number of nitrogens with zero attached hydrogens (tertiary/aromatic N) is 4. The molecule has 8 heteroatoms. The molecule has 2 aromatic heterocycles. The lowest BCUT2D eigenvalue weighted by Crippen LogP contribution is -2.40. The average Bonchev–Trinajstić information content (AvgIpc) is 2.97. The fourth-order valence-electron chi connectivity index (χ4n) is 2.97. The number of carboxylic acid groups (broad SMARTS) is 1. The third-order valence-corrected chi connectivity index (χ3v) is 4.29. The number of aromatic nitrogens is 3. The third kappa shape index (κ3) is 3.55. The molecule has 1 unspecified atom stereocenters. The van der Waals surface area contributed by atoms with E-state index in [-0.39, 0.29) is 18.2 Å². The number of benzene rings is 1. The molecule has 3 aromatic rings. The largest absolute Gasteiger partial charge is 0.481 e. The highest BCUT2D eigenvalue weighted by atomic mass is 16.4. The lowest BCUT2D eigenvalue weighted by Gasteiger charge is -2.27. The number of carbonyl (C=O) groups is 3. The van der Waals surface area contributed by atoms with Crippen molar-refractivity contribution in [3.63, 3.8) is 0 Å². The Hall–Kier alpha value is -3.55. The van der Waals surface area contributed by atoms with E-state index in [4.69, 9.17) is 5.11 Å². The van der Waals surface area contributed by atoms with Crippen LogP contribution in [0.1, 0.15) is 34.3 Å². The van der Waals surface area contributed by atoms with Crippen LogP contribution in [0.5, 0.6) is 0 Å². The summed E-state index contributed by atoms with van der Waals surface area (Å²) in [6.45, 7) is 1.66. The summed E-state index contributed by atoms with van der Waals surface area (Å²) in [5, 5.41) is 9.13. The van der Waals surface area contributed by atoms with Crippen LogP contribution in [-0.2, 0) is 11.8 Å². The van der Waals surface area contributed by atoms with Crippen molar-refractivity contribution in [1.82, 2.24) is 14.5 Å². The van der Waals surface area contributed by atoms with Crippen molar-refractivity contribution in [3.8, 4) is 0 Å². The van der Waals surface area contributed by atoms with Gasteiger partial charge in [0.2, 0.25) is 0 Å². The number of rotatable bonds is 6. The quantitative estimate of drug-likeness (QED) is 0.671. The first kappa shape index (κ1) is 18.2. The summed E-state index contributed by atoms with van der Waals surface area (Å²) in [5.74, 6) is -0.768. The zero-order valence-corrected chi connectivity index (χ0v) is 14.9. The molecule has 3 rings (SSSR count). The van der Waals surface area contributed by atoms with Crippen LogP contribution in [0.25, 0.3) is 11.0 Å². The van der Waals surface area contributed by atoms with Crippen molar-refractivity contribution in [2.45, 2.75) is 19.4 Å². The SMILES string of the molecule is CC(CC(=O)O)N(C(=O)c1ccc2c(c1)nc(C=O)n2C)c1ccccn1. The number of anilines is 1. The van der Waals surface area contributed by atoms with Crippen LogP contribution in [0, 0.1) is 0 Å². The Bertz CT molecular complexity index is 1010. The summed E-state index contributed by atoms with van der Waals surface area (Å²) >= 11 is 0. The number of hydrogen-bond acceptors (Lipinski definition) is 5. The molecule has 0 aliphatic carbocycles. The maximum atomic E-state index is 13.2. The second-order valence-corrected chi connectivity index (χ2v) is 6.16. The van der Waals surface area contributed by atoms with Gasteiger partial charge in [-0.05, 0) is 37.3 Å². The average molecular weight is 366 g/mol. The molecule has 0 aliphatic rings. The first-order chi connectivity index (χ1) is 12.9. The van der Waals surface area contributed by atoms with Crippen LogP contribution in [0.3, 0.4) is 0 Å². The van der Waals surface area contributed by atoms with Crippen LogP contribution in [0.15, 0.2) is 42.6 Å². The number of carboxylic acids is 1. The van der Waals surface area contributed by atoms with Crippen LogP contribution in [0.4, 0.5) is 5.82 Å². The Morgan fingerprint density at radius 1 is 1.30 bits per heavy atom. The number of carbonyl (C=O) groups excluding carboxylic acids is 2. The van der Waals surface area contributed by atoms with Gasteiger partial charge in [0, 0.05) is 24.8 Å². The van der Waals surface area contributed by atoms with Gasteiger partial charge >= 0.3 is 5.97 Å². The van der Waals surface area contributed by atoms with E-state index < -0.39 is 12.0 Å². The van der Waals surface area contributed by atoms with Gasteiger partial charge in [-0.15, -0.1) is 0 Å². The van der Waals surface area contributed by atoms with E-state index >= 15 is 0 Å². The minimum absolute atomic E-state index is 0.219. The Morgan fingerprint density at radius 2 is 2.07 bits per heavy atom. The highest BCUT2D eigenvalue weighted by molar-refractivity contribution is 6.07. The van der Waals surface area contributed by atoms with E-state index in [2.05, 4.69) is 9.97 Å². The highest BCUT2D eigenvalue weighted by Crippen LogP contribution is 2.22. The van der Waals surface area contributed by atoms with Gasteiger partial charge in [-0.3, -0.25) is 19.3 Å². The highest BCUT2D eigenvalue weighted by Gasteiger charge is 2.26.